The molecule has 1 aliphatic rings. The molecule has 0 unspecified atom stereocenters. The lowest BCUT2D eigenvalue weighted by atomic mass is 10.2. The van der Waals surface area contributed by atoms with Crippen LogP contribution >= 0.6 is 31.9 Å². The zero-order valence-electron chi connectivity index (χ0n) is 10.8. The lowest BCUT2D eigenvalue weighted by molar-refractivity contribution is 0.621. The normalized spacial score (nSPS) is 14.4. The smallest absolute Gasteiger partial charge is 0.161 e. The summed E-state index contributed by atoms with van der Waals surface area (Å²) in [4.78, 5) is 9.13. The van der Waals surface area contributed by atoms with Crippen LogP contribution in [-0.2, 0) is 0 Å². The summed E-state index contributed by atoms with van der Waals surface area (Å²) >= 11 is 6.76. The average molecular weight is 401 g/mol. The number of nitrogens with one attached hydrogen (secondary N) is 1. The fourth-order valence-corrected chi connectivity index (χ4v) is 3.10. The van der Waals surface area contributed by atoms with Crippen molar-refractivity contribution in [2.75, 3.05) is 12.4 Å². The van der Waals surface area contributed by atoms with Crippen LogP contribution in [0.5, 0.6) is 0 Å². The highest BCUT2D eigenvalue weighted by atomic mass is 79.9. The second kappa shape index (κ2) is 5.41. The molecule has 0 bridgehead atoms. The van der Waals surface area contributed by atoms with E-state index < -0.39 is 0 Å². The summed E-state index contributed by atoms with van der Waals surface area (Å²) in [5, 5.41) is 3.07. The minimum Gasteiger partial charge on any atom is -0.372 e. The van der Waals surface area contributed by atoms with E-state index in [-0.39, 0.29) is 5.82 Å². The molecular weight excluding hydrogens is 389 g/mol. The highest BCUT2D eigenvalue weighted by Gasteiger charge is 2.29. The minimum atomic E-state index is -0.290. The van der Waals surface area contributed by atoms with Gasteiger partial charge in [0, 0.05) is 18.5 Å². The van der Waals surface area contributed by atoms with E-state index in [0.717, 1.165) is 34.4 Å². The second-order valence-electron chi connectivity index (χ2n) is 4.75. The largest absolute Gasteiger partial charge is 0.372 e. The van der Waals surface area contributed by atoms with E-state index >= 15 is 0 Å². The molecule has 0 spiro atoms. The summed E-state index contributed by atoms with van der Waals surface area (Å²) in [5.41, 5.74) is 1.82. The molecule has 1 fully saturated rings. The van der Waals surface area contributed by atoms with Crippen molar-refractivity contribution in [3.63, 3.8) is 0 Å². The molecule has 0 atom stereocenters. The van der Waals surface area contributed by atoms with Gasteiger partial charge in [-0.2, -0.15) is 0 Å². The van der Waals surface area contributed by atoms with Gasteiger partial charge >= 0.3 is 0 Å². The van der Waals surface area contributed by atoms with Gasteiger partial charge in [-0.15, -0.1) is 0 Å². The quantitative estimate of drug-likeness (QED) is 0.809. The van der Waals surface area contributed by atoms with E-state index in [1.165, 1.54) is 6.07 Å². The molecule has 6 heteroatoms. The van der Waals surface area contributed by atoms with Crippen molar-refractivity contribution in [3.8, 4) is 11.4 Å². The monoisotopic (exact) mass is 399 g/mol. The van der Waals surface area contributed by atoms with Crippen molar-refractivity contribution in [1.82, 2.24) is 9.97 Å². The zero-order chi connectivity index (χ0) is 14.3. The van der Waals surface area contributed by atoms with E-state index in [4.69, 9.17) is 0 Å². The maximum atomic E-state index is 13.3. The molecule has 0 amide bonds. The van der Waals surface area contributed by atoms with Gasteiger partial charge < -0.3 is 5.32 Å². The van der Waals surface area contributed by atoms with Crippen LogP contribution in [0.2, 0.25) is 0 Å². The van der Waals surface area contributed by atoms with Crippen molar-refractivity contribution >= 4 is 37.7 Å². The molecule has 20 heavy (non-hydrogen) atoms. The van der Waals surface area contributed by atoms with Crippen LogP contribution in [0, 0.1) is 5.82 Å². The Morgan fingerprint density at radius 2 is 2.00 bits per heavy atom. The summed E-state index contributed by atoms with van der Waals surface area (Å²) in [6, 6.07) is 4.81. The van der Waals surface area contributed by atoms with Crippen LogP contribution in [0.1, 0.15) is 24.5 Å². The van der Waals surface area contributed by atoms with Crippen LogP contribution in [0.3, 0.4) is 0 Å². The van der Waals surface area contributed by atoms with Crippen LogP contribution in [0.15, 0.2) is 27.1 Å². The summed E-state index contributed by atoms with van der Waals surface area (Å²) in [7, 11) is 1.83. The molecule has 1 heterocycles. The van der Waals surface area contributed by atoms with Gasteiger partial charge in [0.25, 0.3) is 0 Å². The molecule has 0 saturated heterocycles. The lowest BCUT2D eigenvalue weighted by Gasteiger charge is -2.11. The van der Waals surface area contributed by atoms with Crippen molar-refractivity contribution in [2.45, 2.75) is 18.8 Å². The molecule has 1 aliphatic carbocycles. The Hall–Kier alpha value is -1.01. The summed E-state index contributed by atoms with van der Waals surface area (Å²) in [5.74, 6) is 1.58. The summed E-state index contributed by atoms with van der Waals surface area (Å²) in [6.45, 7) is 0. The zero-order valence-corrected chi connectivity index (χ0v) is 13.9. The van der Waals surface area contributed by atoms with E-state index in [9.17, 15) is 4.39 Å². The molecule has 2 aromatic rings. The lowest BCUT2D eigenvalue weighted by Crippen LogP contribution is -2.02. The van der Waals surface area contributed by atoms with Crippen molar-refractivity contribution in [2.24, 2.45) is 0 Å². The highest BCUT2D eigenvalue weighted by molar-refractivity contribution is 9.11. The molecule has 0 radical (unpaired) electrons. The molecule has 0 aliphatic heterocycles. The molecule has 1 N–H and O–H groups in total. The maximum absolute atomic E-state index is 13.3. The molecule has 3 nitrogen and oxygen atoms in total. The third-order valence-electron chi connectivity index (χ3n) is 3.26. The Kier molecular flexibility index (Phi) is 3.77. The Morgan fingerprint density at radius 3 is 2.60 bits per heavy atom. The predicted octanol–water partition coefficient (Wildman–Crippen LogP) is 4.73. The number of hydrogen-bond donors (Lipinski definition) is 1. The number of rotatable bonds is 3. The Balaban J connectivity index is 2.12. The van der Waals surface area contributed by atoms with Gasteiger partial charge in [0.1, 0.15) is 11.6 Å². The topological polar surface area (TPSA) is 37.8 Å². The second-order valence-corrected chi connectivity index (χ2v) is 6.40. The number of halogens is 3. The van der Waals surface area contributed by atoms with Crippen LogP contribution in [0.25, 0.3) is 11.4 Å². The van der Waals surface area contributed by atoms with E-state index in [2.05, 4.69) is 47.1 Å². The van der Waals surface area contributed by atoms with Gasteiger partial charge in [0.15, 0.2) is 5.82 Å². The van der Waals surface area contributed by atoms with Crippen molar-refractivity contribution in [1.29, 1.82) is 0 Å². The number of anilines is 1. The fourth-order valence-electron chi connectivity index (χ4n) is 2.02. The van der Waals surface area contributed by atoms with E-state index in [0.29, 0.717) is 16.2 Å². The van der Waals surface area contributed by atoms with Gasteiger partial charge in [-0.1, -0.05) is 0 Å². The van der Waals surface area contributed by atoms with Gasteiger partial charge in [0.05, 0.1) is 14.6 Å². The average Bonchev–Trinajstić information content (AvgIpc) is 3.27. The number of nitrogens with zero attached hydrogens (tertiary/aromatic N) is 2. The Labute approximate surface area is 133 Å². The molecule has 1 aromatic carbocycles. The van der Waals surface area contributed by atoms with Gasteiger partial charge in [-0.3, -0.25) is 0 Å². The number of hydrogen-bond acceptors (Lipinski definition) is 3. The summed E-state index contributed by atoms with van der Waals surface area (Å²) < 4.78 is 14.7. The third-order valence-corrected chi connectivity index (χ3v) is 4.65. The molecule has 1 aromatic heterocycles. The standard InChI is InChI=1S/C14H12Br2FN3/c1-18-14-11(16)12(7-2-3-7)19-13(20-14)8-4-5-10(17)9(15)6-8/h4-7H,2-3H2,1H3,(H,18,19,20). The first-order chi connectivity index (χ1) is 9.60. The molecule has 104 valence electrons. The van der Waals surface area contributed by atoms with Crippen molar-refractivity contribution in [3.05, 3.63) is 38.7 Å². The van der Waals surface area contributed by atoms with Gasteiger partial charge in [-0.05, 0) is 62.9 Å². The van der Waals surface area contributed by atoms with Crippen LogP contribution < -0.4 is 5.32 Å². The van der Waals surface area contributed by atoms with E-state index in [1.807, 2.05) is 7.05 Å². The first-order valence-electron chi connectivity index (χ1n) is 6.30. The molecule has 3 rings (SSSR count). The van der Waals surface area contributed by atoms with Gasteiger partial charge in [-0.25, -0.2) is 14.4 Å². The SMILES string of the molecule is CNc1nc(-c2ccc(F)c(Br)c2)nc(C2CC2)c1Br. The molecule has 1 saturated carbocycles. The van der Waals surface area contributed by atoms with Gasteiger partial charge in [0.2, 0.25) is 0 Å². The minimum absolute atomic E-state index is 0.290. The third kappa shape index (κ3) is 2.59. The van der Waals surface area contributed by atoms with Crippen molar-refractivity contribution < 1.29 is 4.39 Å². The van der Waals surface area contributed by atoms with Crippen LogP contribution in [-0.4, -0.2) is 17.0 Å². The molecular formula is C14H12Br2FN3. The maximum Gasteiger partial charge on any atom is 0.161 e. The highest BCUT2D eigenvalue weighted by Crippen LogP contribution is 2.44. The predicted molar refractivity (Wildman–Crippen MR) is 84.3 cm³/mol. The Morgan fingerprint density at radius 1 is 1.25 bits per heavy atom. The van der Waals surface area contributed by atoms with Crippen LogP contribution in [0.4, 0.5) is 10.2 Å². The Bertz CT molecular complexity index is 672. The number of benzene rings is 1. The fraction of sp³-hybridized carbons (Fsp3) is 0.286. The number of aromatic nitrogens is 2. The first-order valence-corrected chi connectivity index (χ1v) is 7.89. The summed E-state index contributed by atoms with van der Waals surface area (Å²) in [6.07, 6.45) is 2.32. The van der Waals surface area contributed by atoms with E-state index in [1.54, 1.807) is 12.1 Å². The first kappa shape index (κ1) is 13.9.